The van der Waals surface area contributed by atoms with Gasteiger partial charge in [0.2, 0.25) is 10.0 Å². The molecule has 0 bridgehead atoms. The molecule has 0 radical (unpaired) electrons. The van der Waals surface area contributed by atoms with Gasteiger partial charge in [0.05, 0.1) is 0 Å². The molecule has 1 aliphatic heterocycles. The summed E-state index contributed by atoms with van der Waals surface area (Å²) >= 11 is 0. The second kappa shape index (κ2) is 6.37. The minimum Gasteiger partial charge on any atom is -0.313 e. The van der Waals surface area contributed by atoms with Crippen molar-refractivity contribution in [3.05, 3.63) is 29.3 Å². The van der Waals surface area contributed by atoms with Crippen LogP contribution in [0.2, 0.25) is 0 Å². The molecule has 1 aromatic rings. The third-order valence-electron chi connectivity index (χ3n) is 3.71. The van der Waals surface area contributed by atoms with Crippen LogP contribution in [0.3, 0.4) is 0 Å². The van der Waals surface area contributed by atoms with Gasteiger partial charge in [0.1, 0.15) is 10.7 Å². The largest absolute Gasteiger partial charge is 0.313 e. The molecule has 1 saturated heterocycles. The molecule has 0 aromatic heterocycles. The van der Waals surface area contributed by atoms with Crippen LogP contribution in [-0.2, 0) is 16.6 Å². The summed E-state index contributed by atoms with van der Waals surface area (Å²) in [5.41, 5.74) is -0.231. The maximum absolute atomic E-state index is 14.4. The normalized spacial score (nSPS) is 20.1. The van der Waals surface area contributed by atoms with Crippen LogP contribution in [0, 0.1) is 17.6 Å². The van der Waals surface area contributed by atoms with Gasteiger partial charge < -0.3 is 5.32 Å². The van der Waals surface area contributed by atoms with E-state index < -0.39 is 26.6 Å². The van der Waals surface area contributed by atoms with Gasteiger partial charge in [-0.3, -0.25) is 0 Å². The third-order valence-corrected chi connectivity index (χ3v) is 5.59. The molecule has 7 heteroatoms. The van der Waals surface area contributed by atoms with Crippen LogP contribution in [0.4, 0.5) is 8.78 Å². The molecule has 0 amide bonds. The zero-order valence-electron chi connectivity index (χ0n) is 12.2. The summed E-state index contributed by atoms with van der Waals surface area (Å²) < 4.78 is 54.3. The van der Waals surface area contributed by atoms with Crippen molar-refractivity contribution < 1.29 is 17.2 Å². The van der Waals surface area contributed by atoms with Crippen LogP contribution < -0.4 is 5.32 Å². The predicted octanol–water partition coefficient (Wildman–Crippen LogP) is 2.10. The summed E-state index contributed by atoms with van der Waals surface area (Å²) in [7, 11) is -3.90. The molecule has 0 aliphatic carbocycles. The number of halogens is 2. The van der Waals surface area contributed by atoms with E-state index in [-0.39, 0.29) is 18.0 Å². The van der Waals surface area contributed by atoms with E-state index in [4.69, 9.17) is 0 Å². The molecule has 0 saturated carbocycles. The maximum Gasteiger partial charge on any atom is 0.246 e. The minimum absolute atomic E-state index is 0.0338. The SMILES string of the molecule is CCNCc1c(F)ccc(S(=O)(=O)N2CCC(C)C2)c1F. The van der Waals surface area contributed by atoms with E-state index >= 15 is 0 Å². The molecule has 21 heavy (non-hydrogen) atoms. The summed E-state index contributed by atoms with van der Waals surface area (Å²) in [5.74, 6) is -1.47. The van der Waals surface area contributed by atoms with Gasteiger partial charge in [-0.15, -0.1) is 0 Å². The second-order valence-corrected chi connectivity index (χ2v) is 7.28. The van der Waals surface area contributed by atoms with Crippen molar-refractivity contribution in [3.8, 4) is 0 Å². The van der Waals surface area contributed by atoms with Crippen molar-refractivity contribution in [2.24, 2.45) is 5.92 Å². The number of rotatable bonds is 5. The zero-order valence-corrected chi connectivity index (χ0v) is 13.0. The lowest BCUT2D eigenvalue weighted by Gasteiger charge is -2.18. The smallest absolute Gasteiger partial charge is 0.246 e. The molecule has 4 nitrogen and oxygen atoms in total. The van der Waals surface area contributed by atoms with E-state index in [1.807, 2.05) is 13.8 Å². The molecule has 1 aromatic carbocycles. The van der Waals surface area contributed by atoms with Gasteiger partial charge in [-0.05, 0) is 31.0 Å². The van der Waals surface area contributed by atoms with Gasteiger partial charge in [-0.2, -0.15) is 4.31 Å². The Morgan fingerprint density at radius 3 is 2.67 bits per heavy atom. The van der Waals surface area contributed by atoms with Crippen LogP contribution in [0.15, 0.2) is 17.0 Å². The highest BCUT2D eigenvalue weighted by molar-refractivity contribution is 7.89. The van der Waals surface area contributed by atoms with Crippen molar-refractivity contribution in [2.45, 2.75) is 31.7 Å². The number of benzene rings is 1. The summed E-state index contributed by atoms with van der Waals surface area (Å²) in [6, 6.07) is 2.03. The first-order valence-electron chi connectivity index (χ1n) is 7.05. The fraction of sp³-hybridized carbons (Fsp3) is 0.571. The lowest BCUT2D eigenvalue weighted by molar-refractivity contribution is 0.454. The Bertz CT molecular complexity index is 620. The standard InChI is InChI=1S/C14H20F2N2O2S/c1-3-17-8-11-12(15)4-5-13(14(11)16)21(19,20)18-7-6-10(2)9-18/h4-5,10,17H,3,6-9H2,1-2H3. The molecule has 1 heterocycles. The van der Waals surface area contributed by atoms with E-state index in [2.05, 4.69) is 5.32 Å². The van der Waals surface area contributed by atoms with Gasteiger partial charge in [-0.1, -0.05) is 13.8 Å². The van der Waals surface area contributed by atoms with Gasteiger partial charge in [0, 0.05) is 25.2 Å². The minimum atomic E-state index is -3.90. The number of sulfonamides is 1. The van der Waals surface area contributed by atoms with Crippen LogP contribution in [0.25, 0.3) is 0 Å². The molecule has 0 spiro atoms. The number of hydrogen-bond acceptors (Lipinski definition) is 3. The molecule has 1 N–H and O–H groups in total. The van der Waals surface area contributed by atoms with Crippen LogP contribution >= 0.6 is 0 Å². The highest BCUT2D eigenvalue weighted by atomic mass is 32.2. The van der Waals surface area contributed by atoms with E-state index in [1.54, 1.807) is 0 Å². The van der Waals surface area contributed by atoms with Crippen molar-refractivity contribution in [2.75, 3.05) is 19.6 Å². The van der Waals surface area contributed by atoms with Crippen molar-refractivity contribution >= 4 is 10.0 Å². The maximum atomic E-state index is 14.4. The molecule has 1 atom stereocenters. The Kier molecular flexibility index (Phi) is 4.95. The quantitative estimate of drug-likeness (QED) is 0.904. The Hall–Kier alpha value is -1.05. The lowest BCUT2D eigenvalue weighted by Crippen LogP contribution is -2.30. The fourth-order valence-electron chi connectivity index (χ4n) is 2.44. The van der Waals surface area contributed by atoms with Crippen LogP contribution in [0.5, 0.6) is 0 Å². The Balaban J connectivity index is 2.39. The Morgan fingerprint density at radius 1 is 1.38 bits per heavy atom. The molecular weight excluding hydrogens is 298 g/mol. The molecule has 2 rings (SSSR count). The first-order valence-corrected chi connectivity index (χ1v) is 8.49. The van der Waals surface area contributed by atoms with Crippen molar-refractivity contribution in [3.63, 3.8) is 0 Å². The van der Waals surface area contributed by atoms with Crippen molar-refractivity contribution in [1.29, 1.82) is 0 Å². The average molecular weight is 318 g/mol. The monoisotopic (exact) mass is 318 g/mol. The molecule has 1 unspecified atom stereocenters. The summed E-state index contributed by atoms with van der Waals surface area (Å²) in [6.45, 7) is 5.02. The predicted molar refractivity (Wildman–Crippen MR) is 76.3 cm³/mol. The van der Waals surface area contributed by atoms with Gasteiger partial charge in [-0.25, -0.2) is 17.2 Å². The Morgan fingerprint density at radius 2 is 2.10 bits per heavy atom. The molecule has 118 valence electrons. The van der Waals surface area contributed by atoms with Gasteiger partial charge >= 0.3 is 0 Å². The van der Waals surface area contributed by atoms with Gasteiger partial charge in [0.25, 0.3) is 0 Å². The average Bonchev–Trinajstić information content (AvgIpc) is 2.86. The Labute approximate surface area is 124 Å². The third kappa shape index (κ3) is 3.25. The van der Waals surface area contributed by atoms with E-state index in [0.717, 1.165) is 18.6 Å². The van der Waals surface area contributed by atoms with Crippen LogP contribution in [0.1, 0.15) is 25.8 Å². The first-order chi connectivity index (χ1) is 9.87. The van der Waals surface area contributed by atoms with E-state index in [0.29, 0.717) is 19.6 Å². The highest BCUT2D eigenvalue weighted by Gasteiger charge is 2.33. The van der Waals surface area contributed by atoms with Crippen molar-refractivity contribution in [1.82, 2.24) is 9.62 Å². The van der Waals surface area contributed by atoms with Crippen LogP contribution in [-0.4, -0.2) is 32.4 Å². The second-order valence-electron chi connectivity index (χ2n) is 5.38. The topological polar surface area (TPSA) is 49.4 Å². The van der Waals surface area contributed by atoms with E-state index in [9.17, 15) is 17.2 Å². The number of nitrogens with one attached hydrogen (secondary N) is 1. The lowest BCUT2D eigenvalue weighted by atomic mass is 10.2. The number of hydrogen-bond donors (Lipinski definition) is 1. The fourth-order valence-corrected chi connectivity index (χ4v) is 4.10. The zero-order chi connectivity index (χ0) is 15.6. The summed E-state index contributed by atoms with van der Waals surface area (Å²) in [4.78, 5) is -0.439. The molecular formula is C14H20F2N2O2S. The highest BCUT2D eigenvalue weighted by Crippen LogP contribution is 2.28. The first kappa shape index (κ1) is 16.3. The molecule has 1 aliphatic rings. The van der Waals surface area contributed by atoms with Gasteiger partial charge in [0.15, 0.2) is 5.82 Å². The van der Waals surface area contributed by atoms with E-state index in [1.165, 1.54) is 4.31 Å². The summed E-state index contributed by atoms with van der Waals surface area (Å²) in [5, 5.41) is 2.81. The summed E-state index contributed by atoms with van der Waals surface area (Å²) in [6.07, 6.45) is 0.756. The number of nitrogens with zero attached hydrogens (tertiary/aromatic N) is 1. The molecule has 1 fully saturated rings.